The highest BCUT2D eigenvalue weighted by Crippen LogP contribution is 2.25. The maximum Gasteiger partial charge on any atom is 0.335 e. The molecule has 0 aliphatic carbocycles. The highest BCUT2D eigenvalue weighted by Gasteiger charge is 2.20. The SMILES string of the molecule is CCC(C)CN(C)c1cc(C(=O)O)cc(C(C)(C)C)n1. The van der Waals surface area contributed by atoms with Crippen molar-refractivity contribution >= 4 is 11.8 Å². The standard InChI is InChI=1S/C16H26N2O2/c1-7-11(2)10-18(6)14-9-12(15(19)20)8-13(17-14)16(3,4)5/h8-9,11H,7,10H2,1-6H3,(H,19,20). The van der Waals surface area contributed by atoms with E-state index >= 15 is 0 Å². The molecule has 4 heteroatoms. The summed E-state index contributed by atoms with van der Waals surface area (Å²) in [6.07, 6.45) is 1.09. The van der Waals surface area contributed by atoms with E-state index in [1.807, 2.05) is 32.7 Å². The molecule has 0 bridgehead atoms. The second kappa shape index (κ2) is 6.25. The number of pyridine rings is 1. The molecule has 0 fully saturated rings. The monoisotopic (exact) mass is 278 g/mol. The number of carbonyl (C=O) groups is 1. The van der Waals surface area contributed by atoms with Crippen LogP contribution in [0.5, 0.6) is 0 Å². The summed E-state index contributed by atoms with van der Waals surface area (Å²) in [7, 11) is 1.96. The summed E-state index contributed by atoms with van der Waals surface area (Å²) in [6, 6.07) is 3.32. The first kappa shape index (κ1) is 16.5. The molecule has 1 N–H and O–H groups in total. The summed E-state index contributed by atoms with van der Waals surface area (Å²) in [6.45, 7) is 11.3. The quantitative estimate of drug-likeness (QED) is 0.894. The van der Waals surface area contributed by atoms with Gasteiger partial charge in [0.1, 0.15) is 5.82 Å². The van der Waals surface area contributed by atoms with Crippen LogP contribution in [0.15, 0.2) is 12.1 Å². The fourth-order valence-corrected chi connectivity index (χ4v) is 1.91. The molecule has 1 aromatic rings. The highest BCUT2D eigenvalue weighted by molar-refractivity contribution is 5.88. The molecule has 1 unspecified atom stereocenters. The first-order chi connectivity index (χ1) is 9.15. The third-order valence-electron chi connectivity index (χ3n) is 3.50. The predicted molar refractivity (Wildman–Crippen MR) is 82.6 cm³/mol. The van der Waals surface area contributed by atoms with Crippen molar-refractivity contribution in [2.75, 3.05) is 18.5 Å². The number of hydrogen-bond donors (Lipinski definition) is 1. The van der Waals surface area contributed by atoms with E-state index in [2.05, 4.69) is 18.8 Å². The minimum atomic E-state index is -0.906. The summed E-state index contributed by atoms with van der Waals surface area (Å²) in [5.74, 6) is 0.375. The summed E-state index contributed by atoms with van der Waals surface area (Å²) >= 11 is 0. The Hall–Kier alpha value is -1.58. The lowest BCUT2D eigenvalue weighted by atomic mass is 9.90. The molecular formula is C16H26N2O2. The molecular weight excluding hydrogens is 252 g/mol. The van der Waals surface area contributed by atoms with Crippen molar-refractivity contribution in [3.8, 4) is 0 Å². The predicted octanol–water partition coefficient (Wildman–Crippen LogP) is 3.56. The van der Waals surface area contributed by atoms with Gasteiger partial charge in [-0.25, -0.2) is 9.78 Å². The van der Waals surface area contributed by atoms with E-state index in [9.17, 15) is 9.90 Å². The zero-order chi connectivity index (χ0) is 15.5. The second-order valence-electron chi connectivity index (χ2n) is 6.55. The van der Waals surface area contributed by atoms with Gasteiger partial charge >= 0.3 is 5.97 Å². The Morgan fingerprint density at radius 3 is 2.45 bits per heavy atom. The number of nitrogens with zero attached hydrogens (tertiary/aromatic N) is 2. The molecule has 0 aliphatic rings. The van der Waals surface area contributed by atoms with Gasteiger partial charge in [0.15, 0.2) is 0 Å². The van der Waals surface area contributed by atoms with E-state index in [-0.39, 0.29) is 5.41 Å². The molecule has 0 aliphatic heterocycles. The normalized spacial score (nSPS) is 13.1. The van der Waals surface area contributed by atoms with Gasteiger partial charge in [0, 0.05) is 24.7 Å². The number of carboxylic acid groups (broad SMARTS) is 1. The molecule has 0 saturated heterocycles. The Labute approximate surface area is 121 Å². The van der Waals surface area contributed by atoms with Crippen LogP contribution in [0.2, 0.25) is 0 Å². The molecule has 112 valence electrons. The van der Waals surface area contributed by atoms with Crippen LogP contribution in [0, 0.1) is 5.92 Å². The summed E-state index contributed by atoms with van der Waals surface area (Å²) < 4.78 is 0. The Morgan fingerprint density at radius 2 is 2.00 bits per heavy atom. The molecule has 1 atom stereocenters. The molecule has 0 spiro atoms. The smallest absolute Gasteiger partial charge is 0.335 e. The van der Waals surface area contributed by atoms with Gasteiger partial charge in [-0.15, -0.1) is 0 Å². The Balaban J connectivity index is 3.18. The average Bonchev–Trinajstić information content (AvgIpc) is 2.36. The van der Waals surface area contributed by atoms with Gasteiger partial charge in [-0.1, -0.05) is 41.0 Å². The maximum absolute atomic E-state index is 11.3. The lowest BCUT2D eigenvalue weighted by Gasteiger charge is -2.25. The lowest BCUT2D eigenvalue weighted by Crippen LogP contribution is -2.26. The lowest BCUT2D eigenvalue weighted by molar-refractivity contribution is 0.0696. The van der Waals surface area contributed by atoms with Crippen molar-refractivity contribution < 1.29 is 9.90 Å². The van der Waals surface area contributed by atoms with Crippen LogP contribution < -0.4 is 4.90 Å². The van der Waals surface area contributed by atoms with E-state index < -0.39 is 5.97 Å². The van der Waals surface area contributed by atoms with Crippen molar-refractivity contribution in [3.63, 3.8) is 0 Å². The van der Waals surface area contributed by atoms with Crippen LogP contribution in [0.25, 0.3) is 0 Å². The van der Waals surface area contributed by atoms with Crippen LogP contribution in [-0.4, -0.2) is 29.7 Å². The molecule has 1 aromatic heterocycles. The van der Waals surface area contributed by atoms with Crippen LogP contribution in [0.1, 0.15) is 57.1 Å². The Kier molecular flexibility index (Phi) is 5.15. The topological polar surface area (TPSA) is 53.4 Å². The van der Waals surface area contributed by atoms with Crippen LogP contribution >= 0.6 is 0 Å². The van der Waals surface area contributed by atoms with E-state index in [1.54, 1.807) is 12.1 Å². The van der Waals surface area contributed by atoms with E-state index in [1.165, 1.54) is 0 Å². The zero-order valence-corrected chi connectivity index (χ0v) is 13.4. The van der Waals surface area contributed by atoms with Crippen molar-refractivity contribution in [1.29, 1.82) is 0 Å². The third kappa shape index (κ3) is 4.22. The fourth-order valence-electron chi connectivity index (χ4n) is 1.91. The van der Waals surface area contributed by atoms with Gasteiger partial charge in [-0.3, -0.25) is 0 Å². The molecule has 0 saturated carbocycles. The minimum Gasteiger partial charge on any atom is -0.478 e. The van der Waals surface area contributed by atoms with Crippen molar-refractivity contribution in [1.82, 2.24) is 4.98 Å². The number of carboxylic acids is 1. The zero-order valence-electron chi connectivity index (χ0n) is 13.4. The van der Waals surface area contributed by atoms with Crippen LogP contribution in [-0.2, 0) is 5.41 Å². The number of rotatable bonds is 5. The fraction of sp³-hybridized carbons (Fsp3) is 0.625. The molecule has 4 nitrogen and oxygen atoms in total. The average molecular weight is 278 g/mol. The number of aromatic carboxylic acids is 1. The van der Waals surface area contributed by atoms with Gasteiger partial charge < -0.3 is 10.0 Å². The highest BCUT2D eigenvalue weighted by atomic mass is 16.4. The third-order valence-corrected chi connectivity index (χ3v) is 3.50. The maximum atomic E-state index is 11.3. The minimum absolute atomic E-state index is 0.169. The summed E-state index contributed by atoms with van der Waals surface area (Å²) in [5, 5.41) is 9.26. The number of anilines is 1. The van der Waals surface area contributed by atoms with Gasteiger partial charge in [-0.2, -0.15) is 0 Å². The first-order valence-corrected chi connectivity index (χ1v) is 7.12. The Morgan fingerprint density at radius 1 is 1.40 bits per heavy atom. The molecule has 0 radical (unpaired) electrons. The van der Waals surface area contributed by atoms with Gasteiger partial charge in [-0.05, 0) is 18.1 Å². The van der Waals surface area contributed by atoms with Crippen molar-refractivity contribution in [2.45, 2.75) is 46.5 Å². The van der Waals surface area contributed by atoms with Crippen LogP contribution in [0.3, 0.4) is 0 Å². The molecule has 1 heterocycles. The van der Waals surface area contributed by atoms with Crippen molar-refractivity contribution in [3.05, 3.63) is 23.4 Å². The van der Waals surface area contributed by atoms with Gasteiger partial charge in [0.2, 0.25) is 0 Å². The van der Waals surface area contributed by atoms with E-state index in [4.69, 9.17) is 0 Å². The van der Waals surface area contributed by atoms with Crippen LogP contribution in [0.4, 0.5) is 5.82 Å². The van der Waals surface area contributed by atoms with E-state index in [0.29, 0.717) is 11.5 Å². The summed E-state index contributed by atoms with van der Waals surface area (Å²) in [5.41, 5.74) is 0.941. The Bertz CT molecular complexity index is 478. The number of aromatic nitrogens is 1. The number of hydrogen-bond acceptors (Lipinski definition) is 3. The van der Waals surface area contributed by atoms with Gasteiger partial charge in [0.25, 0.3) is 0 Å². The molecule has 1 rings (SSSR count). The van der Waals surface area contributed by atoms with Crippen molar-refractivity contribution in [2.24, 2.45) is 5.92 Å². The first-order valence-electron chi connectivity index (χ1n) is 7.12. The largest absolute Gasteiger partial charge is 0.478 e. The van der Waals surface area contributed by atoms with Gasteiger partial charge in [0.05, 0.1) is 5.56 Å². The molecule has 0 amide bonds. The van der Waals surface area contributed by atoms with E-state index in [0.717, 1.165) is 24.5 Å². The molecule has 0 aromatic carbocycles. The second-order valence-corrected chi connectivity index (χ2v) is 6.55. The summed E-state index contributed by atoms with van der Waals surface area (Å²) in [4.78, 5) is 18.0. The molecule has 20 heavy (non-hydrogen) atoms.